The van der Waals surface area contributed by atoms with Crippen LogP contribution in [-0.4, -0.2) is 35.5 Å². The van der Waals surface area contributed by atoms with E-state index in [1.807, 2.05) is 0 Å². The molecule has 0 amide bonds. The Kier molecular flexibility index (Phi) is 5.27. The summed E-state index contributed by atoms with van der Waals surface area (Å²) in [6.07, 6.45) is 0. The van der Waals surface area contributed by atoms with Crippen LogP contribution in [0.4, 0.5) is 0 Å². The van der Waals surface area contributed by atoms with E-state index in [-0.39, 0.29) is 11.9 Å². The van der Waals surface area contributed by atoms with Gasteiger partial charge in [0.15, 0.2) is 5.15 Å². The van der Waals surface area contributed by atoms with E-state index in [9.17, 15) is 9.59 Å². The van der Waals surface area contributed by atoms with Crippen LogP contribution in [0.25, 0.3) is 0 Å². The van der Waals surface area contributed by atoms with Crippen molar-refractivity contribution in [2.75, 3.05) is 6.61 Å². The van der Waals surface area contributed by atoms with Gasteiger partial charge in [0.05, 0.1) is 0 Å². The van der Waals surface area contributed by atoms with Gasteiger partial charge in [0.1, 0.15) is 12.3 Å². The van der Waals surface area contributed by atoms with Gasteiger partial charge in [0, 0.05) is 14.7 Å². The molecule has 0 atom stereocenters. The first-order chi connectivity index (χ1) is 8.70. The average Bonchev–Trinajstić information content (AvgIpc) is 2.26. The highest BCUT2D eigenvalue weighted by Gasteiger charge is 2.15. The molecule has 0 saturated carbocycles. The van der Waals surface area contributed by atoms with Crippen LogP contribution in [0.2, 0.25) is 30.8 Å². The van der Waals surface area contributed by atoms with Crippen molar-refractivity contribution in [1.29, 1.82) is 0 Å². The first-order valence-electron chi connectivity index (χ1n) is 5.79. The van der Waals surface area contributed by atoms with Crippen LogP contribution in [-0.2, 0) is 11.5 Å². The van der Waals surface area contributed by atoms with Crippen LogP contribution < -0.4 is 5.56 Å². The van der Waals surface area contributed by atoms with E-state index in [4.69, 9.17) is 21.4 Å². The molecule has 0 unspecified atom stereocenters. The molecule has 0 aromatic carbocycles. The number of aromatic carboxylic acids is 1. The maximum Gasteiger partial charge on any atom is 0.341 e. The smallest absolute Gasteiger partial charge is 0.341 e. The number of halogens is 1. The summed E-state index contributed by atoms with van der Waals surface area (Å²) < 4.78 is 6.28. The molecule has 1 rings (SSSR count). The van der Waals surface area contributed by atoms with E-state index in [0.29, 0.717) is 6.61 Å². The third-order valence-electron chi connectivity index (χ3n) is 2.38. The van der Waals surface area contributed by atoms with Gasteiger partial charge >= 0.3 is 5.97 Å². The fourth-order valence-electron chi connectivity index (χ4n) is 1.28. The van der Waals surface area contributed by atoms with Crippen LogP contribution in [0, 0.1) is 0 Å². The number of carboxylic acid groups (broad SMARTS) is 1. The number of ether oxygens (including phenoxy) is 1. The zero-order valence-electron chi connectivity index (χ0n) is 11.1. The second-order valence-electron chi connectivity index (χ2n) is 5.34. The number of nitrogens with zero attached hydrogens (tertiary/aromatic N) is 2. The molecule has 106 valence electrons. The molecular formula is C11H17ClN2O4Si. The number of carboxylic acids is 1. The topological polar surface area (TPSA) is 81.4 Å². The Morgan fingerprint density at radius 2 is 2.16 bits per heavy atom. The van der Waals surface area contributed by atoms with Crippen LogP contribution in [0.3, 0.4) is 0 Å². The Balaban J connectivity index is 2.74. The molecule has 0 bridgehead atoms. The molecule has 0 aliphatic carbocycles. The van der Waals surface area contributed by atoms with Crippen molar-refractivity contribution in [2.45, 2.75) is 32.4 Å². The Morgan fingerprint density at radius 3 is 2.68 bits per heavy atom. The number of aromatic nitrogens is 2. The van der Waals surface area contributed by atoms with Crippen molar-refractivity contribution >= 4 is 25.6 Å². The van der Waals surface area contributed by atoms with E-state index in [1.165, 1.54) is 0 Å². The lowest BCUT2D eigenvalue weighted by Gasteiger charge is -2.15. The van der Waals surface area contributed by atoms with Gasteiger partial charge < -0.3 is 9.84 Å². The monoisotopic (exact) mass is 304 g/mol. The number of rotatable bonds is 6. The lowest BCUT2D eigenvalue weighted by molar-refractivity contribution is 0.0669. The highest BCUT2D eigenvalue weighted by atomic mass is 35.5. The summed E-state index contributed by atoms with van der Waals surface area (Å²) in [6.45, 7) is 7.05. The molecule has 0 saturated heterocycles. The number of hydrogen-bond acceptors (Lipinski definition) is 4. The van der Waals surface area contributed by atoms with Crippen molar-refractivity contribution in [3.8, 4) is 0 Å². The molecule has 8 heteroatoms. The predicted molar refractivity (Wildman–Crippen MR) is 74.6 cm³/mol. The van der Waals surface area contributed by atoms with Crippen molar-refractivity contribution < 1.29 is 14.6 Å². The number of carbonyl (C=O) groups is 1. The highest BCUT2D eigenvalue weighted by molar-refractivity contribution is 6.76. The summed E-state index contributed by atoms with van der Waals surface area (Å²) in [7, 11) is -1.20. The standard InChI is InChI=1S/C11H17ClN2O4Si/c1-19(2,3)5-4-18-7-14-10(15)8(11(16)17)6-9(12)13-14/h6H,4-5,7H2,1-3H3,(H,16,17). The number of hydrogen-bond donors (Lipinski definition) is 1. The third-order valence-corrected chi connectivity index (χ3v) is 4.27. The van der Waals surface area contributed by atoms with Crippen molar-refractivity contribution in [1.82, 2.24) is 9.78 Å². The van der Waals surface area contributed by atoms with Gasteiger partial charge in [-0.15, -0.1) is 0 Å². The van der Waals surface area contributed by atoms with Crippen LogP contribution in [0.5, 0.6) is 0 Å². The summed E-state index contributed by atoms with van der Waals surface area (Å²) in [6, 6.07) is 1.99. The van der Waals surface area contributed by atoms with Crippen LogP contribution in [0.15, 0.2) is 10.9 Å². The minimum Gasteiger partial charge on any atom is -0.477 e. The van der Waals surface area contributed by atoms with Gasteiger partial charge in [0.2, 0.25) is 0 Å². The van der Waals surface area contributed by atoms with Gasteiger partial charge in [0.25, 0.3) is 5.56 Å². The molecule has 19 heavy (non-hydrogen) atoms. The fourth-order valence-corrected chi connectivity index (χ4v) is 2.24. The third kappa shape index (κ3) is 5.13. The van der Waals surface area contributed by atoms with Crippen LogP contribution >= 0.6 is 11.6 Å². The summed E-state index contributed by atoms with van der Waals surface area (Å²) in [4.78, 5) is 22.6. The minimum absolute atomic E-state index is 0.0502. The molecule has 1 N–H and O–H groups in total. The second kappa shape index (κ2) is 6.31. The highest BCUT2D eigenvalue weighted by Crippen LogP contribution is 2.08. The molecule has 6 nitrogen and oxygen atoms in total. The molecule has 0 aliphatic rings. The van der Waals surface area contributed by atoms with Gasteiger partial charge in [-0.3, -0.25) is 4.79 Å². The SMILES string of the molecule is C[Si](C)(C)CCOCn1nc(Cl)cc(C(=O)O)c1=O. The van der Waals surface area contributed by atoms with E-state index in [0.717, 1.165) is 16.8 Å². The summed E-state index contributed by atoms with van der Waals surface area (Å²) >= 11 is 5.67. The zero-order valence-corrected chi connectivity index (χ0v) is 12.9. The molecule has 1 aromatic rings. The van der Waals surface area contributed by atoms with E-state index >= 15 is 0 Å². The van der Waals surface area contributed by atoms with E-state index in [1.54, 1.807) is 0 Å². The average molecular weight is 305 g/mol. The minimum atomic E-state index is -1.33. The van der Waals surface area contributed by atoms with Crippen molar-refractivity contribution in [3.05, 3.63) is 27.1 Å². The summed E-state index contributed by atoms with van der Waals surface area (Å²) in [5.41, 5.74) is -1.13. The van der Waals surface area contributed by atoms with Crippen molar-refractivity contribution in [3.63, 3.8) is 0 Å². The zero-order chi connectivity index (χ0) is 14.6. The molecular weight excluding hydrogens is 288 g/mol. The lowest BCUT2D eigenvalue weighted by atomic mass is 10.3. The molecule has 0 radical (unpaired) electrons. The quantitative estimate of drug-likeness (QED) is 0.641. The van der Waals surface area contributed by atoms with E-state index in [2.05, 4.69) is 24.7 Å². The van der Waals surface area contributed by atoms with E-state index < -0.39 is 25.2 Å². The molecule has 0 fully saturated rings. The second-order valence-corrected chi connectivity index (χ2v) is 11.3. The van der Waals surface area contributed by atoms with Gasteiger partial charge in [-0.2, -0.15) is 5.10 Å². The fraction of sp³-hybridized carbons (Fsp3) is 0.545. The largest absolute Gasteiger partial charge is 0.477 e. The summed E-state index contributed by atoms with van der Waals surface area (Å²) in [5, 5.41) is 12.5. The Morgan fingerprint density at radius 1 is 1.53 bits per heavy atom. The molecule has 0 spiro atoms. The van der Waals surface area contributed by atoms with Gasteiger partial charge in [-0.05, 0) is 12.1 Å². The van der Waals surface area contributed by atoms with Crippen molar-refractivity contribution in [2.24, 2.45) is 0 Å². The van der Waals surface area contributed by atoms with Gasteiger partial charge in [-0.1, -0.05) is 31.2 Å². The Labute approximate surface area is 117 Å². The first kappa shape index (κ1) is 15.9. The molecule has 1 aromatic heterocycles. The first-order valence-corrected chi connectivity index (χ1v) is 9.88. The van der Waals surface area contributed by atoms with Gasteiger partial charge in [-0.25, -0.2) is 9.48 Å². The predicted octanol–water partition coefficient (Wildman–Crippen LogP) is 1.91. The maximum atomic E-state index is 11.7. The van der Waals surface area contributed by atoms with Crippen LogP contribution in [0.1, 0.15) is 10.4 Å². The normalized spacial score (nSPS) is 11.6. The Hall–Kier alpha value is -1.18. The maximum absolute atomic E-state index is 11.7. The Bertz CT molecular complexity index is 524. The lowest BCUT2D eigenvalue weighted by Crippen LogP contribution is -2.30. The summed E-state index contributed by atoms with van der Waals surface area (Å²) in [5.74, 6) is -1.33. The molecule has 1 heterocycles. The molecule has 0 aliphatic heterocycles.